The van der Waals surface area contributed by atoms with E-state index in [9.17, 15) is 0 Å². The van der Waals surface area contributed by atoms with E-state index in [0.717, 1.165) is 37.6 Å². The first-order valence-electron chi connectivity index (χ1n) is 6.56. The van der Waals surface area contributed by atoms with Crippen molar-refractivity contribution in [3.05, 3.63) is 34.9 Å². The lowest BCUT2D eigenvalue weighted by atomic mass is 9.90. The van der Waals surface area contributed by atoms with Crippen LogP contribution in [-0.4, -0.2) is 36.2 Å². The van der Waals surface area contributed by atoms with Gasteiger partial charge in [0.2, 0.25) is 0 Å². The maximum Gasteiger partial charge on any atom is 0.0623 e. The fourth-order valence-corrected chi connectivity index (χ4v) is 3.22. The van der Waals surface area contributed by atoms with Crippen LogP contribution in [0, 0.1) is 0 Å². The van der Waals surface area contributed by atoms with Crippen molar-refractivity contribution >= 4 is 11.6 Å². The SMILES string of the molecule is NC1CC2COCC(C1)N2Cc1ccc(Cl)cc1. The van der Waals surface area contributed by atoms with Crippen molar-refractivity contribution in [3.63, 3.8) is 0 Å². The number of piperidine rings is 1. The van der Waals surface area contributed by atoms with Crippen molar-refractivity contribution in [2.45, 2.75) is 37.5 Å². The number of halogens is 1. The van der Waals surface area contributed by atoms with Crippen LogP contribution in [0.25, 0.3) is 0 Å². The standard InChI is InChI=1S/C14H19ClN2O/c15-11-3-1-10(2-4-11)7-17-13-5-12(16)6-14(17)9-18-8-13/h1-4,12-14H,5-9,16H2. The number of hydrogen-bond acceptors (Lipinski definition) is 3. The first kappa shape index (κ1) is 12.4. The van der Waals surface area contributed by atoms with E-state index in [1.54, 1.807) is 0 Å². The summed E-state index contributed by atoms with van der Waals surface area (Å²) in [7, 11) is 0. The van der Waals surface area contributed by atoms with Crippen LogP contribution >= 0.6 is 11.6 Å². The number of ether oxygens (including phenoxy) is 1. The number of nitrogens with zero attached hydrogens (tertiary/aromatic N) is 1. The van der Waals surface area contributed by atoms with Crippen molar-refractivity contribution in [2.75, 3.05) is 13.2 Å². The summed E-state index contributed by atoms with van der Waals surface area (Å²) in [5.41, 5.74) is 7.41. The highest BCUT2D eigenvalue weighted by Gasteiger charge is 2.37. The van der Waals surface area contributed by atoms with Crippen LogP contribution in [0.4, 0.5) is 0 Å². The number of rotatable bonds is 2. The van der Waals surface area contributed by atoms with Crippen LogP contribution in [0.1, 0.15) is 18.4 Å². The number of benzene rings is 1. The van der Waals surface area contributed by atoms with E-state index in [1.165, 1.54) is 5.56 Å². The number of hydrogen-bond donors (Lipinski definition) is 1. The molecule has 0 amide bonds. The van der Waals surface area contributed by atoms with Crippen LogP contribution in [0.2, 0.25) is 5.02 Å². The van der Waals surface area contributed by atoms with E-state index in [-0.39, 0.29) is 0 Å². The van der Waals surface area contributed by atoms with E-state index < -0.39 is 0 Å². The summed E-state index contributed by atoms with van der Waals surface area (Å²) in [4.78, 5) is 2.55. The topological polar surface area (TPSA) is 38.5 Å². The van der Waals surface area contributed by atoms with Crippen molar-refractivity contribution in [2.24, 2.45) is 5.73 Å². The highest BCUT2D eigenvalue weighted by Crippen LogP contribution is 2.28. The predicted molar refractivity (Wildman–Crippen MR) is 72.6 cm³/mol. The molecule has 1 aromatic rings. The van der Waals surface area contributed by atoms with Gasteiger partial charge in [0.05, 0.1) is 13.2 Å². The second-order valence-electron chi connectivity index (χ2n) is 5.38. The maximum absolute atomic E-state index is 6.10. The lowest BCUT2D eigenvalue weighted by molar-refractivity contribution is -0.0819. The van der Waals surface area contributed by atoms with Gasteiger partial charge in [-0.25, -0.2) is 0 Å². The Balaban J connectivity index is 1.73. The molecule has 2 fully saturated rings. The van der Waals surface area contributed by atoms with E-state index in [2.05, 4.69) is 17.0 Å². The predicted octanol–water partition coefficient (Wildman–Crippen LogP) is 2.03. The molecule has 18 heavy (non-hydrogen) atoms. The van der Waals surface area contributed by atoms with Crippen molar-refractivity contribution in [3.8, 4) is 0 Å². The third-order valence-corrected chi connectivity index (χ3v) is 4.24. The van der Waals surface area contributed by atoms with E-state index in [1.807, 2.05) is 12.1 Å². The lowest BCUT2D eigenvalue weighted by Gasteiger charge is -2.47. The largest absolute Gasteiger partial charge is 0.378 e. The fraction of sp³-hybridized carbons (Fsp3) is 0.571. The fourth-order valence-electron chi connectivity index (χ4n) is 3.09. The monoisotopic (exact) mass is 266 g/mol. The van der Waals surface area contributed by atoms with Gasteiger partial charge in [-0.3, -0.25) is 4.90 Å². The Morgan fingerprint density at radius 1 is 1.17 bits per heavy atom. The summed E-state index contributed by atoms with van der Waals surface area (Å²) in [5.74, 6) is 0. The summed E-state index contributed by atoms with van der Waals surface area (Å²) in [6.45, 7) is 2.61. The summed E-state index contributed by atoms with van der Waals surface area (Å²) in [6, 6.07) is 9.41. The molecule has 98 valence electrons. The molecule has 0 aliphatic carbocycles. The van der Waals surface area contributed by atoms with Gasteiger partial charge in [0.25, 0.3) is 0 Å². The lowest BCUT2D eigenvalue weighted by Crippen LogP contribution is -2.58. The van der Waals surface area contributed by atoms with Crippen LogP contribution < -0.4 is 5.73 Å². The average molecular weight is 267 g/mol. The van der Waals surface area contributed by atoms with Crippen LogP contribution in [0.5, 0.6) is 0 Å². The Hall–Kier alpha value is -0.610. The summed E-state index contributed by atoms with van der Waals surface area (Å²) in [5, 5.41) is 0.794. The third kappa shape index (κ3) is 2.54. The van der Waals surface area contributed by atoms with Gasteiger partial charge in [0, 0.05) is 29.7 Å². The molecule has 3 nitrogen and oxygen atoms in total. The van der Waals surface area contributed by atoms with Gasteiger partial charge in [-0.15, -0.1) is 0 Å². The van der Waals surface area contributed by atoms with Crippen molar-refractivity contribution in [1.82, 2.24) is 4.90 Å². The number of morpholine rings is 1. The summed E-state index contributed by atoms with van der Waals surface area (Å²) < 4.78 is 5.65. The molecule has 2 saturated heterocycles. The van der Waals surface area contributed by atoms with Gasteiger partial charge >= 0.3 is 0 Å². The zero-order valence-corrected chi connectivity index (χ0v) is 11.1. The summed E-state index contributed by atoms with van der Waals surface area (Å²) in [6.07, 6.45) is 2.09. The van der Waals surface area contributed by atoms with Gasteiger partial charge in [-0.05, 0) is 30.5 Å². The summed E-state index contributed by atoms with van der Waals surface area (Å²) >= 11 is 5.92. The molecule has 0 saturated carbocycles. The zero-order chi connectivity index (χ0) is 12.5. The van der Waals surface area contributed by atoms with E-state index in [4.69, 9.17) is 22.1 Å². The van der Waals surface area contributed by atoms with Crippen LogP contribution in [0.15, 0.2) is 24.3 Å². The zero-order valence-electron chi connectivity index (χ0n) is 10.4. The molecule has 2 bridgehead atoms. The molecular formula is C14H19ClN2O. The van der Waals surface area contributed by atoms with Crippen LogP contribution in [0.3, 0.4) is 0 Å². The van der Waals surface area contributed by atoms with E-state index in [0.29, 0.717) is 18.1 Å². The second-order valence-corrected chi connectivity index (χ2v) is 5.81. The number of fused-ring (bicyclic) bond motifs is 2. The minimum Gasteiger partial charge on any atom is -0.378 e. The number of nitrogens with two attached hydrogens (primary N) is 1. The minimum atomic E-state index is 0.338. The van der Waals surface area contributed by atoms with Crippen LogP contribution in [-0.2, 0) is 11.3 Å². The normalized spacial score (nSPS) is 32.4. The Labute approximate surface area is 113 Å². The smallest absolute Gasteiger partial charge is 0.0623 e. The Morgan fingerprint density at radius 3 is 2.39 bits per heavy atom. The Morgan fingerprint density at radius 2 is 1.78 bits per heavy atom. The third-order valence-electron chi connectivity index (χ3n) is 3.99. The molecule has 2 heterocycles. The molecule has 2 aliphatic rings. The van der Waals surface area contributed by atoms with E-state index >= 15 is 0 Å². The van der Waals surface area contributed by atoms with Crippen molar-refractivity contribution in [1.29, 1.82) is 0 Å². The molecule has 0 aromatic heterocycles. The first-order chi connectivity index (χ1) is 8.72. The highest BCUT2D eigenvalue weighted by molar-refractivity contribution is 6.30. The van der Waals surface area contributed by atoms with Gasteiger partial charge in [-0.2, -0.15) is 0 Å². The first-order valence-corrected chi connectivity index (χ1v) is 6.93. The molecular weight excluding hydrogens is 248 g/mol. The quantitative estimate of drug-likeness (QED) is 0.890. The van der Waals surface area contributed by atoms with Gasteiger partial charge in [0.1, 0.15) is 0 Å². The average Bonchev–Trinajstić information content (AvgIpc) is 2.33. The van der Waals surface area contributed by atoms with Gasteiger partial charge in [-0.1, -0.05) is 23.7 Å². The molecule has 0 radical (unpaired) electrons. The second kappa shape index (κ2) is 5.17. The van der Waals surface area contributed by atoms with Gasteiger partial charge in [0.15, 0.2) is 0 Å². The Bertz CT molecular complexity index is 395. The molecule has 4 heteroatoms. The maximum atomic E-state index is 6.10. The molecule has 0 spiro atoms. The van der Waals surface area contributed by atoms with Gasteiger partial charge < -0.3 is 10.5 Å². The van der Waals surface area contributed by atoms with Crippen molar-refractivity contribution < 1.29 is 4.74 Å². The molecule has 2 aliphatic heterocycles. The highest BCUT2D eigenvalue weighted by atomic mass is 35.5. The molecule has 2 N–H and O–H groups in total. The molecule has 1 aromatic carbocycles. The molecule has 2 unspecified atom stereocenters. The Kier molecular flexibility index (Phi) is 3.57. The molecule has 2 atom stereocenters. The minimum absolute atomic E-state index is 0.338. The molecule has 3 rings (SSSR count).